The molecular formula is C14H22ClN3O3S. The van der Waals surface area contributed by atoms with E-state index in [1.54, 1.807) is 18.2 Å². The van der Waals surface area contributed by atoms with Gasteiger partial charge in [-0.25, -0.2) is 13.1 Å². The zero-order valence-electron chi connectivity index (χ0n) is 12.2. The minimum Gasteiger partial charge on any atom is -0.354 e. The van der Waals surface area contributed by atoms with Crippen molar-refractivity contribution in [1.29, 1.82) is 0 Å². The van der Waals surface area contributed by atoms with Gasteiger partial charge in [0.25, 0.3) is 0 Å². The molecule has 1 saturated heterocycles. The van der Waals surface area contributed by atoms with Gasteiger partial charge < -0.3 is 10.6 Å². The molecule has 3 N–H and O–H groups in total. The Hall–Kier alpha value is -1.15. The van der Waals surface area contributed by atoms with Crippen LogP contribution in [0.1, 0.15) is 19.3 Å². The number of hydrogen-bond acceptors (Lipinski definition) is 4. The maximum absolute atomic E-state index is 11.9. The summed E-state index contributed by atoms with van der Waals surface area (Å²) in [7, 11) is -3.53. The summed E-state index contributed by atoms with van der Waals surface area (Å²) in [5, 5.41) is 6.10. The summed E-state index contributed by atoms with van der Waals surface area (Å²) in [6.45, 7) is 1.70. The van der Waals surface area contributed by atoms with E-state index in [4.69, 9.17) is 0 Å². The molecule has 1 fully saturated rings. The van der Waals surface area contributed by atoms with E-state index in [1.807, 2.05) is 0 Å². The van der Waals surface area contributed by atoms with Gasteiger partial charge in [-0.3, -0.25) is 4.79 Å². The monoisotopic (exact) mass is 347 g/mol. The second-order valence-corrected chi connectivity index (χ2v) is 6.83. The molecule has 0 aliphatic carbocycles. The second kappa shape index (κ2) is 9.09. The highest BCUT2D eigenvalue weighted by atomic mass is 35.5. The number of benzene rings is 1. The minimum atomic E-state index is -3.53. The van der Waals surface area contributed by atoms with Crippen LogP contribution in [0.4, 0.5) is 0 Å². The largest absolute Gasteiger partial charge is 0.354 e. The average Bonchev–Trinajstić information content (AvgIpc) is 2.99. The number of nitrogens with one attached hydrogen (secondary N) is 3. The van der Waals surface area contributed by atoms with Crippen LogP contribution >= 0.6 is 12.4 Å². The molecule has 1 atom stereocenters. The first-order chi connectivity index (χ1) is 10.1. The van der Waals surface area contributed by atoms with Gasteiger partial charge in [0.2, 0.25) is 15.9 Å². The van der Waals surface area contributed by atoms with Gasteiger partial charge in [0.1, 0.15) is 0 Å². The van der Waals surface area contributed by atoms with Gasteiger partial charge in [-0.2, -0.15) is 0 Å². The van der Waals surface area contributed by atoms with Crippen molar-refractivity contribution in [3.05, 3.63) is 30.3 Å². The van der Waals surface area contributed by atoms with Crippen molar-refractivity contribution in [2.24, 2.45) is 0 Å². The Balaban J connectivity index is 0.00000242. The number of rotatable bonds is 7. The van der Waals surface area contributed by atoms with Crippen molar-refractivity contribution in [3.8, 4) is 0 Å². The molecule has 124 valence electrons. The maximum Gasteiger partial charge on any atom is 0.240 e. The van der Waals surface area contributed by atoms with Crippen LogP contribution in [0.2, 0.25) is 0 Å². The van der Waals surface area contributed by atoms with Crippen LogP contribution < -0.4 is 15.4 Å². The van der Waals surface area contributed by atoms with Gasteiger partial charge in [-0.05, 0) is 31.5 Å². The van der Waals surface area contributed by atoms with Crippen LogP contribution in [0, 0.1) is 0 Å². The van der Waals surface area contributed by atoms with Crippen molar-refractivity contribution in [2.75, 3.05) is 19.6 Å². The predicted molar refractivity (Wildman–Crippen MR) is 87.5 cm³/mol. The number of carbonyl (C=O) groups is 1. The van der Waals surface area contributed by atoms with E-state index in [2.05, 4.69) is 15.4 Å². The molecule has 0 bridgehead atoms. The Morgan fingerprint density at radius 3 is 2.64 bits per heavy atom. The fourth-order valence-corrected chi connectivity index (χ4v) is 3.29. The van der Waals surface area contributed by atoms with Crippen LogP contribution in [0.5, 0.6) is 0 Å². The Bertz CT molecular complexity index is 560. The number of sulfonamides is 1. The van der Waals surface area contributed by atoms with Crippen LogP contribution in [-0.4, -0.2) is 40.0 Å². The molecule has 8 heteroatoms. The highest BCUT2D eigenvalue weighted by Gasteiger charge is 2.16. The lowest BCUT2D eigenvalue weighted by Crippen LogP contribution is -2.38. The third kappa shape index (κ3) is 5.92. The summed E-state index contributed by atoms with van der Waals surface area (Å²) in [6, 6.07) is 8.47. The van der Waals surface area contributed by atoms with E-state index >= 15 is 0 Å². The molecule has 1 aliphatic rings. The standard InChI is InChI=1S/C14H21N3O3S.ClH/c18-14(16-11-12-5-4-9-15-12)8-10-17-21(19,20)13-6-2-1-3-7-13;/h1-3,6-7,12,15,17H,4-5,8-11H2,(H,16,18);1H. The summed E-state index contributed by atoms with van der Waals surface area (Å²) >= 11 is 0. The van der Waals surface area contributed by atoms with Gasteiger partial charge in [0.05, 0.1) is 4.90 Å². The first-order valence-corrected chi connectivity index (χ1v) is 8.61. The number of halogens is 1. The van der Waals surface area contributed by atoms with Gasteiger partial charge in [-0.15, -0.1) is 12.4 Å². The minimum absolute atomic E-state index is 0. The highest BCUT2D eigenvalue weighted by Crippen LogP contribution is 2.06. The smallest absolute Gasteiger partial charge is 0.240 e. The molecular weight excluding hydrogens is 326 g/mol. The fraction of sp³-hybridized carbons (Fsp3) is 0.500. The lowest BCUT2D eigenvalue weighted by molar-refractivity contribution is -0.121. The van der Waals surface area contributed by atoms with Gasteiger partial charge in [-0.1, -0.05) is 18.2 Å². The molecule has 1 unspecified atom stereocenters. The summed E-state index contributed by atoms with van der Waals surface area (Å²) in [5.41, 5.74) is 0. The molecule has 1 aliphatic heterocycles. The van der Waals surface area contributed by atoms with Gasteiger partial charge in [0.15, 0.2) is 0 Å². The quantitative estimate of drug-likeness (QED) is 0.675. The molecule has 22 heavy (non-hydrogen) atoms. The highest BCUT2D eigenvalue weighted by molar-refractivity contribution is 7.89. The SMILES string of the molecule is Cl.O=C(CCNS(=O)(=O)c1ccccc1)NCC1CCCN1. The van der Waals surface area contributed by atoms with Crippen molar-refractivity contribution < 1.29 is 13.2 Å². The van der Waals surface area contributed by atoms with E-state index in [-0.39, 0.29) is 36.2 Å². The summed E-state index contributed by atoms with van der Waals surface area (Å²) < 4.78 is 26.3. The molecule has 1 amide bonds. The molecule has 1 aromatic carbocycles. The van der Waals surface area contributed by atoms with Crippen LogP contribution in [0.3, 0.4) is 0 Å². The van der Waals surface area contributed by atoms with Gasteiger partial charge >= 0.3 is 0 Å². The zero-order chi connectivity index (χ0) is 15.1. The fourth-order valence-electron chi connectivity index (χ4n) is 2.24. The number of hydrogen-bond donors (Lipinski definition) is 3. The summed E-state index contributed by atoms with van der Waals surface area (Å²) in [4.78, 5) is 11.9. The van der Waals surface area contributed by atoms with Crippen LogP contribution in [0.25, 0.3) is 0 Å². The van der Waals surface area contributed by atoms with Gasteiger partial charge in [0, 0.05) is 25.6 Å². The van der Waals surface area contributed by atoms with E-state index in [1.165, 1.54) is 12.1 Å². The van der Waals surface area contributed by atoms with Crippen LogP contribution in [-0.2, 0) is 14.8 Å². The molecule has 2 rings (SSSR count). The zero-order valence-corrected chi connectivity index (χ0v) is 13.9. The first kappa shape index (κ1) is 18.9. The molecule has 6 nitrogen and oxygen atoms in total. The van der Waals surface area contributed by atoms with Crippen molar-refractivity contribution >= 4 is 28.3 Å². The lowest BCUT2D eigenvalue weighted by atomic mass is 10.2. The van der Waals surface area contributed by atoms with Crippen molar-refractivity contribution in [2.45, 2.75) is 30.2 Å². The van der Waals surface area contributed by atoms with E-state index < -0.39 is 10.0 Å². The normalized spacial score (nSPS) is 17.7. The predicted octanol–water partition coefficient (Wildman–Crippen LogP) is 0.645. The summed E-state index contributed by atoms with van der Waals surface area (Å²) in [6.07, 6.45) is 2.34. The Labute approximate surface area is 137 Å². The maximum atomic E-state index is 11.9. The van der Waals surface area contributed by atoms with E-state index in [0.29, 0.717) is 12.6 Å². The Kier molecular flexibility index (Phi) is 7.81. The molecule has 0 saturated carbocycles. The third-order valence-corrected chi connectivity index (χ3v) is 4.88. The van der Waals surface area contributed by atoms with Crippen molar-refractivity contribution in [3.63, 3.8) is 0 Å². The summed E-state index contributed by atoms with van der Waals surface area (Å²) in [5.74, 6) is -0.139. The lowest BCUT2D eigenvalue weighted by Gasteiger charge is -2.11. The molecule has 1 aromatic rings. The number of carbonyl (C=O) groups excluding carboxylic acids is 1. The molecule has 0 radical (unpaired) electrons. The second-order valence-electron chi connectivity index (χ2n) is 5.06. The van der Waals surface area contributed by atoms with Crippen LogP contribution in [0.15, 0.2) is 35.2 Å². The van der Waals surface area contributed by atoms with Crippen molar-refractivity contribution in [1.82, 2.24) is 15.4 Å². The Morgan fingerprint density at radius 2 is 2.00 bits per heavy atom. The Morgan fingerprint density at radius 1 is 1.27 bits per heavy atom. The number of amides is 1. The molecule has 1 heterocycles. The molecule has 0 aromatic heterocycles. The average molecular weight is 348 g/mol. The topological polar surface area (TPSA) is 87.3 Å². The first-order valence-electron chi connectivity index (χ1n) is 7.13. The van der Waals surface area contributed by atoms with E-state index in [0.717, 1.165) is 19.4 Å². The molecule has 0 spiro atoms. The van der Waals surface area contributed by atoms with E-state index in [9.17, 15) is 13.2 Å². The third-order valence-electron chi connectivity index (χ3n) is 3.41.